The second-order valence-electron chi connectivity index (χ2n) is 4.75. The third-order valence-electron chi connectivity index (χ3n) is 3.25. The van der Waals surface area contributed by atoms with E-state index in [9.17, 15) is 0 Å². The Hall–Kier alpha value is -0.120. The van der Waals surface area contributed by atoms with Crippen molar-refractivity contribution in [2.75, 3.05) is 26.9 Å². The van der Waals surface area contributed by atoms with Crippen LogP contribution in [0, 0.1) is 0 Å². The van der Waals surface area contributed by atoms with Crippen LogP contribution in [0.15, 0.2) is 0 Å². The minimum Gasteiger partial charge on any atom is -0.379 e. The molecule has 1 aliphatic heterocycles. The first-order valence-corrected chi connectivity index (χ1v) is 6.69. The number of hydrogen-bond donors (Lipinski definition) is 1. The summed E-state index contributed by atoms with van der Waals surface area (Å²) < 4.78 is 11.2. The van der Waals surface area contributed by atoms with Gasteiger partial charge in [-0.05, 0) is 52.5 Å². The molecule has 2 atom stereocenters. The molecule has 0 amide bonds. The van der Waals surface area contributed by atoms with Crippen molar-refractivity contribution in [3.63, 3.8) is 0 Å². The summed E-state index contributed by atoms with van der Waals surface area (Å²) in [6.07, 6.45) is 7.71. The van der Waals surface area contributed by atoms with Crippen molar-refractivity contribution < 1.29 is 9.47 Å². The van der Waals surface area contributed by atoms with Gasteiger partial charge >= 0.3 is 0 Å². The van der Waals surface area contributed by atoms with E-state index in [1.54, 1.807) is 0 Å². The van der Waals surface area contributed by atoms with Gasteiger partial charge in [-0.1, -0.05) is 0 Å². The summed E-state index contributed by atoms with van der Waals surface area (Å²) in [5.41, 5.74) is 0. The van der Waals surface area contributed by atoms with Crippen LogP contribution in [0.4, 0.5) is 0 Å². The molecule has 0 aromatic rings. The Morgan fingerprint density at radius 3 is 2.94 bits per heavy atom. The van der Waals surface area contributed by atoms with Crippen LogP contribution in [0.1, 0.15) is 45.4 Å². The van der Waals surface area contributed by atoms with Gasteiger partial charge in [0.2, 0.25) is 0 Å². The molecule has 1 aliphatic rings. The maximum atomic E-state index is 5.64. The average Bonchev–Trinajstić information content (AvgIpc) is 2.34. The predicted molar refractivity (Wildman–Crippen MR) is 66.8 cm³/mol. The molecule has 0 aromatic carbocycles. The van der Waals surface area contributed by atoms with Crippen molar-refractivity contribution in [1.29, 1.82) is 0 Å². The highest BCUT2D eigenvalue weighted by Crippen LogP contribution is 2.12. The standard InChI is InChI=1S/C13H27NO2/c1-12(14-2)7-3-5-9-15-11-13-8-4-6-10-16-13/h12-14H,3-11H2,1-2H3. The first-order chi connectivity index (χ1) is 7.83. The van der Waals surface area contributed by atoms with Crippen LogP contribution in [0.2, 0.25) is 0 Å². The Balaban J connectivity index is 1.84. The molecule has 0 radical (unpaired) electrons. The molecule has 1 heterocycles. The van der Waals surface area contributed by atoms with Crippen LogP contribution in [-0.2, 0) is 9.47 Å². The van der Waals surface area contributed by atoms with Crippen molar-refractivity contribution >= 4 is 0 Å². The minimum atomic E-state index is 0.366. The minimum absolute atomic E-state index is 0.366. The lowest BCUT2D eigenvalue weighted by atomic mass is 10.1. The molecule has 1 fully saturated rings. The summed E-state index contributed by atoms with van der Waals surface area (Å²) >= 11 is 0. The fourth-order valence-electron chi connectivity index (χ4n) is 1.95. The Kier molecular flexibility index (Phi) is 7.81. The third kappa shape index (κ3) is 6.46. The lowest BCUT2D eigenvalue weighted by Crippen LogP contribution is -2.24. The van der Waals surface area contributed by atoms with Gasteiger partial charge in [-0.3, -0.25) is 0 Å². The maximum absolute atomic E-state index is 5.64. The highest BCUT2D eigenvalue weighted by Gasteiger charge is 2.13. The average molecular weight is 229 g/mol. The van der Waals surface area contributed by atoms with Gasteiger partial charge in [0.05, 0.1) is 12.7 Å². The second-order valence-corrected chi connectivity index (χ2v) is 4.75. The van der Waals surface area contributed by atoms with E-state index in [1.165, 1.54) is 38.5 Å². The molecule has 1 N–H and O–H groups in total. The van der Waals surface area contributed by atoms with E-state index in [0.717, 1.165) is 19.8 Å². The summed E-state index contributed by atoms with van der Waals surface area (Å²) in [5, 5.41) is 3.25. The quantitative estimate of drug-likeness (QED) is 0.648. The van der Waals surface area contributed by atoms with Gasteiger partial charge in [0.25, 0.3) is 0 Å². The summed E-state index contributed by atoms with van der Waals surface area (Å²) in [6, 6.07) is 0.627. The van der Waals surface area contributed by atoms with Crippen LogP contribution in [0.5, 0.6) is 0 Å². The number of rotatable bonds is 8. The number of unbranched alkanes of at least 4 members (excludes halogenated alkanes) is 1. The topological polar surface area (TPSA) is 30.5 Å². The number of nitrogens with one attached hydrogen (secondary N) is 1. The van der Waals surface area contributed by atoms with Gasteiger partial charge in [0, 0.05) is 19.3 Å². The molecule has 3 nitrogen and oxygen atoms in total. The Bertz CT molecular complexity index is 158. The van der Waals surface area contributed by atoms with Gasteiger partial charge in [0.1, 0.15) is 0 Å². The lowest BCUT2D eigenvalue weighted by molar-refractivity contribution is -0.0411. The van der Waals surface area contributed by atoms with Gasteiger partial charge < -0.3 is 14.8 Å². The summed E-state index contributed by atoms with van der Waals surface area (Å²) in [7, 11) is 2.02. The van der Waals surface area contributed by atoms with Crippen molar-refractivity contribution in [1.82, 2.24) is 5.32 Å². The zero-order chi connectivity index (χ0) is 11.6. The zero-order valence-electron chi connectivity index (χ0n) is 10.8. The number of hydrogen-bond acceptors (Lipinski definition) is 3. The van der Waals surface area contributed by atoms with Crippen LogP contribution < -0.4 is 5.32 Å². The first kappa shape index (κ1) is 13.9. The van der Waals surface area contributed by atoms with Crippen molar-refractivity contribution in [2.24, 2.45) is 0 Å². The van der Waals surface area contributed by atoms with E-state index in [0.29, 0.717) is 12.1 Å². The second kappa shape index (κ2) is 8.97. The van der Waals surface area contributed by atoms with E-state index in [2.05, 4.69) is 12.2 Å². The highest BCUT2D eigenvalue weighted by atomic mass is 16.5. The van der Waals surface area contributed by atoms with Gasteiger partial charge in [-0.25, -0.2) is 0 Å². The normalized spacial score (nSPS) is 23.2. The molecule has 0 spiro atoms. The lowest BCUT2D eigenvalue weighted by Gasteiger charge is -2.22. The van der Waals surface area contributed by atoms with E-state index < -0.39 is 0 Å². The summed E-state index contributed by atoms with van der Waals surface area (Å²) in [5.74, 6) is 0. The molecule has 0 aliphatic carbocycles. The van der Waals surface area contributed by atoms with E-state index in [1.807, 2.05) is 7.05 Å². The fraction of sp³-hybridized carbons (Fsp3) is 1.00. The van der Waals surface area contributed by atoms with E-state index >= 15 is 0 Å². The van der Waals surface area contributed by atoms with Gasteiger partial charge in [-0.15, -0.1) is 0 Å². The fourth-order valence-corrected chi connectivity index (χ4v) is 1.95. The molecular formula is C13H27NO2. The molecule has 1 saturated heterocycles. The van der Waals surface area contributed by atoms with Crippen molar-refractivity contribution in [3.05, 3.63) is 0 Å². The predicted octanol–water partition coefficient (Wildman–Crippen LogP) is 2.35. The van der Waals surface area contributed by atoms with Crippen molar-refractivity contribution in [3.8, 4) is 0 Å². The highest BCUT2D eigenvalue weighted by molar-refractivity contribution is 4.62. The van der Waals surface area contributed by atoms with E-state index in [-0.39, 0.29) is 0 Å². The van der Waals surface area contributed by atoms with Gasteiger partial charge in [-0.2, -0.15) is 0 Å². The van der Waals surface area contributed by atoms with Crippen LogP contribution in [-0.4, -0.2) is 39.0 Å². The molecule has 0 saturated carbocycles. The molecule has 2 unspecified atom stereocenters. The first-order valence-electron chi connectivity index (χ1n) is 6.69. The molecule has 16 heavy (non-hydrogen) atoms. The molecule has 96 valence electrons. The van der Waals surface area contributed by atoms with Crippen LogP contribution in [0.25, 0.3) is 0 Å². The summed E-state index contributed by atoms with van der Waals surface area (Å²) in [6.45, 7) is 4.82. The third-order valence-corrected chi connectivity index (χ3v) is 3.25. The van der Waals surface area contributed by atoms with E-state index in [4.69, 9.17) is 9.47 Å². The Morgan fingerprint density at radius 2 is 2.25 bits per heavy atom. The zero-order valence-corrected chi connectivity index (χ0v) is 10.8. The summed E-state index contributed by atoms with van der Waals surface area (Å²) in [4.78, 5) is 0. The SMILES string of the molecule is CNC(C)CCCCOCC1CCCCO1. The molecule has 1 rings (SSSR count). The molecular weight excluding hydrogens is 202 g/mol. The largest absolute Gasteiger partial charge is 0.379 e. The maximum Gasteiger partial charge on any atom is 0.0808 e. The van der Waals surface area contributed by atoms with Gasteiger partial charge in [0.15, 0.2) is 0 Å². The molecule has 0 bridgehead atoms. The van der Waals surface area contributed by atoms with Crippen LogP contribution in [0.3, 0.4) is 0 Å². The smallest absolute Gasteiger partial charge is 0.0808 e. The molecule has 3 heteroatoms. The van der Waals surface area contributed by atoms with Crippen molar-refractivity contribution in [2.45, 2.75) is 57.6 Å². The van der Waals surface area contributed by atoms with Crippen LogP contribution >= 0.6 is 0 Å². The Morgan fingerprint density at radius 1 is 1.38 bits per heavy atom. The molecule has 0 aromatic heterocycles. The Labute approximate surface area is 99.9 Å². The monoisotopic (exact) mass is 229 g/mol. The number of ether oxygens (including phenoxy) is 2.